The van der Waals surface area contributed by atoms with Crippen molar-refractivity contribution in [3.63, 3.8) is 0 Å². The lowest BCUT2D eigenvalue weighted by atomic mass is 9.97. The van der Waals surface area contributed by atoms with Crippen LogP contribution in [0.25, 0.3) is 0 Å². The Morgan fingerprint density at radius 1 is 1.35 bits per heavy atom. The van der Waals surface area contributed by atoms with Gasteiger partial charge in [0.05, 0.1) is 10.8 Å². The Morgan fingerprint density at radius 3 is 2.65 bits per heavy atom. The highest BCUT2D eigenvalue weighted by molar-refractivity contribution is 5.95. The van der Waals surface area contributed by atoms with Gasteiger partial charge in [-0.05, 0) is 52.2 Å². The lowest BCUT2D eigenvalue weighted by molar-refractivity contribution is -0.384. The van der Waals surface area contributed by atoms with E-state index in [-0.39, 0.29) is 23.8 Å². The van der Waals surface area contributed by atoms with Crippen LogP contribution < -0.4 is 5.32 Å². The van der Waals surface area contributed by atoms with Crippen LogP contribution in [-0.2, 0) is 9.53 Å². The maximum atomic E-state index is 12.6. The van der Waals surface area contributed by atoms with Crippen molar-refractivity contribution in [1.82, 2.24) is 4.90 Å². The van der Waals surface area contributed by atoms with Gasteiger partial charge in [-0.25, -0.2) is 4.79 Å². The van der Waals surface area contributed by atoms with Gasteiger partial charge in [-0.2, -0.15) is 0 Å². The Morgan fingerprint density at radius 2 is 2.04 bits per heavy atom. The van der Waals surface area contributed by atoms with E-state index < -0.39 is 22.5 Å². The van der Waals surface area contributed by atoms with E-state index in [9.17, 15) is 19.7 Å². The second-order valence-corrected chi connectivity index (χ2v) is 7.53. The van der Waals surface area contributed by atoms with Gasteiger partial charge in [0, 0.05) is 19.2 Å². The molecule has 1 N–H and O–H groups in total. The second kappa shape index (κ2) is 7.72. The molecule has 8 nitrogen and oxygen atoms in total. The smallest absolute Gasteiger partial charge is 0.410 e. The fourth-order valence-corrected chi connectivity index (χ4v) is 2.82. The number of hydrogen-bond donors (Lipinski definition) is 1. The predicted molar refractivity (Wildman–Crippen MR) is 97.0 cm³/mol. The van der Waals surface area contributed by atoms with Crippen LogP contribution >= 0.6 is 0 Å². The van der Waals surface area contributed by atoms with Gasteiger partial charge in [0.1, 0.15) is 11.3 Å². The molecule has 1 saturated heterocycles. The normalized spacial score (nSPS) is 17.5. The number of anilines is 1. The molecule has 1 atom stereocenters. The zero-order valence-electron chi connectivity index (χ0n) is 15.6. The molecule has 0 spiro atoms. The van der Waals surface area contributed by atoms with Crippen LogP contribution in [0.3, 0.4) is 0 Å². The van der Waals surface area contributed by atoms with Crippen LogP contribution in [0.4, 0.5) is 16.2 Å². The third kappa shape index (κ3) is 5.18. The molecule has 142 valence electrons. The first-order valence-corrected chi connectivity index (χ1v) is 8.60. The summed E-state index contributed by atoms with van der Waals surface area (Å²) in [7, 11) is 0. The van der Waals surface area contributed by atoms with Gasteiger partial charge in [-0.15, -0.1) is 0 Å². The second-order valence-electron chi connectivity index (χ2n) is 7.53. The Bertz CT molecular complexity index is 711. The van der Waals surface area contributed by atoms with Gasteiger partial charge in [-0.3, -0.25) is 14.9 Å². The Kier molecular flexibility index (Phi) is 5.84. The number of likely N-dealkylation sites (tertiary alicyclic amines) is 1. The largest absolute Gasteiger partial charge is 0.444 e. The number of rotatable bonds is 3. The molecule has 8 heteroatoms. The molecule has 1 aromatic rings. The van der Waals surface area contributed by atoms with Crippen molar-refractivity contribution in [2.75, 3.05) is 18.4 Å². The topological polar surface area (TPSA) is 102 Å². The molecule has 1 aromatic carbocycles. The molecule has 0 bridgehead atoms. The van der Waals surface area contributed by atoms with E-state index in [0.717, 1.165) is 5.56 Å². The zero-order chi connectivity index (χ0) is 19.5. The van der Waals surface area contributed by atoms with Gasteiger partial charge in [-0.1, -0.05) is 6.07 Å². The number of hydrogen-bond acceptors (Lipinski definition) is 5. The van der Waals surface area contributed by atoms with E-state index in [1.807, 2.05) is 0 Å². The Balaban J connectivity index is 2.06. The number of nitrogens with zero attached hydrogens (tertiary/aromatic N) is 2. The van der Waals surface area contributed by atoms with Crippen molar-refractivity contribution in [3.8, 4) is 0 Å². The molecule has 1 unspecified atom stereocenters. The fourth-order valence-electron chi connectivity index (χ4n) is 2.82. The minimum absolute atomic E-state index is 0.141. The summed E-state index contributed by atoms with van der Waals surface area (Å²) >= 11 is 0. The molecule has 1 heterocycles. The van der Waals surface area contributed by atoms with E-state index in [1.54, 1.807) is 33.8 Å². The summed E-state index contributed by atoms with van der Waals surface area (Å²) in [5, 5.41) is 13.8. The first kappa shape index (κ1) is 19.7. The number of carbonyl (C=O) groups excluding carboxylic acids is 2. The van der Waals surface area contributed by atoms with Gasteiger partial charge in [0.15, 0.2) is 0 Å². The molecule has 2 rings (SSSR count). The molecule has 0 saturated carbocycles. The van der Waals surface area contributed by atoms with Crippen molar-refractivity contribution in [2.24, 2.45) is 5.92 Å². The summed E-state index contributed by atoms with van der Waals surface area (Å²) in [6, 6.07) is 4.65. The lowest BCUT2D eigenvalue weighted by Crippen LogP contribution is -2.45. The first-order valence-electron chi connectivity index (χ1n) is 8.60. The van der Waals surface area contributed by atoms with Gasteiger partial charge in [0.2, 0.25) is 5.91 Å². The number of aryl methyl sites for hydroxylation is 1. The summed E-state index contributed by atoms with van der Waals surface area (Å²) in [6.07, 6.45) is 0.842. The standard InChI is InChI=1S/C18H25N3O5/c1-12-7-8-14(15(10-12)21(24)25)19-16(22)13-6-5-9-20(11-13)17(23)26-18(2,3)4/h7-8,10,13H,5-6,9,11H2,1-4H3,(H,19,22). The number of piperidine rings is 1. The van der Waals surface area contributed by atoms with E-state index in [0.29, 0.717) is 19.4 Å². The SMILES string of the molecule is Cc1ccc(NC(=O)C2CCCN(C(=O)OC(C)(C)C)C2)c([N+](=O)[O-])c1. The summed E-state index contributed by atoms with van der Waals surface area (Å²) in [6.45, 7) is 7.88. The average Bonchev–Trinajstić information content (AvgIpc) is 2.54. The van der Waals surface area contributed by atoms with Crippen molar-refractivity contribution in [2.45, 2.75) is 46.1 Å². The van der Waals surface area contributed by atoms with E-state index in [2.05, 4.69) is 5.32 Å². The molecular weight excluding hydrogens is 338 g/mol. The van der Waals surface area contributed by atoms with Crippen molar-refractivity contribution < 1.29 is 19.2 Å². The fraction of sp³-hybridized carbons (Fsp3) is 0.556. The lowest BCUT2D eigenvalue weighted by Gasteiger charge is -2.33. The zero-order valence-corrected chi connectivity index (χ0v) is 15.6. The molecule has 0 radical (unpaired) electrons. The number of nitro groups is 1. The molecule has 1 fully saturated rings. The number of benzene rings is 1. The first-order chi connectivity index (χ1) is 12.1. The molecular formula is C18H25N3O5. The molecule has 0 aliphatic carbocycles. The number of amides is 2. The van der Waals surface area contributed by atoms with E-state index in [4.69, 9.17) is 4.74 Å². The Labute approximate surface area is 152 Å². The summed E-state index contributed by atoms with van der Waals surface area (Å²) in [5.74, 6) is -0.762. The van der Waals surface area contributed by atoms with Gasteiger partial charge in [0.25, 0.3) is 5.69 Å². The number of carbonyl (C=O) groups is 2. The third-order valence-corrected chi connectivity index (χ3v) is 4.05. The van der Waals surface area contributed by atoms with Crippen LogP contribution in [0.15, 0.2) is 18.2 Å². The third-order valence-electron chi connectivity index (χ3n) is 4.05. The molecule has 0 aromatic heterocycles. The Hall–Kier alpha value is -2.64. The quantitative estimate of drug-likeness (QED) is 0.654. The van der Waals surface area contributed by atoms with Crippen LogP contribution in [0.5, 0.6) is 0 Å². The van der Waals surface area contributed by atoms with E-state index >= 15 is 0 Å². The molecule has 2 amide bonds. The number of nitro benzene ring substituents is 1. The molecule has 1 aliphatic heterocycles. The van der Waals surface area contributed by atoms with Crippen molar-refractivity contribution in [1.29, 1.82) is 0 Å². The predicted octanol–water partition coefficient (Wildman–Crippen LogP) is 3.49. The number of ether oxygens (including phenoxy) is 1. The minimum atomic E-state index is -0.602. The highest BCUT2D eigenvalue weighted by Crippen LogP contribution is 2.27. The summed E-state index contributed by atoms with van der Waals surface area (Å²) in [5.41, 5.74) is 0.163. The minimum Gasteiger partial charge on any atom is -0.444 e. The van der Waals surface area contributed by atoms with E-state index in [1.165, 1.54) is 17.0 Å². The highest BCUT2D eigenvalue weighted by atomic mass is 16.6. The summed E-state index contributed by atoms with van der Waals surface area (Å²) < 4.78 is 5.35. The van der Waals surface area contributed by atoms with Crippen LogP contribution in [0, 0.1) is 23.0 Å². The maximum Gasteiger partial charge on any atom is 0.410 e. The van der Waals surface area contributed by atoms with Crippen LogP contribution in [-0.4, -0.2) is 40.5 Å². The number of nitrogens with one attached hydrogen (secondary N) is 1. The van der Waals surface area contributed by atoms with Crippen molar-refractivity contribution in [3.05, 3.63) is 33.9 Å². The van der Waals surface area contributed by atoms with Gasteiger partial charge >= 0.3 is 6.09 Å². The molecule has 1 aliphatic rings. The van der Waals surface area contributed by atoms with Gasteiger partial charge < -0.3 is 15.0 Å². The maximum absolute atomic E-state index is 12.6. The highest BCUT2D eigenvalue weighted by Gasteiger charge is 2.31. The monoisotopic (exact) mass is 363 g/mol. The average molecular weight is 363 g/mol. The van der Waals surface area contributed by atoms with Crippen molar-refractivity contribution >= 4 is 23.4 Å². The molecule has 26 heavy (non-hydrogen) atoms. The van der Waals surface area contributed by atoms with Crippen LogP contribution in [0.1, 0.15) is 39.2 Å². The van der Waals surface area contributed by atoms with Crippen LogP contribution in [0.2, 0.25) is 0 Å². The summed E-state index contributed by atoms with van der Waals surface area (Å²) in [4.78, 5) is 37.0.